The molecule has 0 spiro atoms. The second-order valence-electron chi connectivity index (χ2n) is 6.21. The molecule has 1 aromatic carbocycles. The quantitative estimate of drug-likeness (QED) is 0.918. The maximum atomic E-state index is 12.4. The number of carbonyl (C=O) groups is 1. The Morgan fingerprint density at radius 3 is 2.92 bits per heavy atom. The first kappa shape index (κ1) is 16.3. The molecule has 1 atom stereocenters. The van der Waals surface area contributed by atoms with Crippen molar-refractivity contribution < 1.29 is 14.3 Å². The van der Waals surface area contributed by atoms with Crippen molar-refractivity contribution in [2.45, 2.75) is 32.9 Å². The molecule has 0 radical (unpaired) electrons. The van der Waals surface area contributed by atoms with Gasteiger partial charge in [-0.3, -0.25) is 4.79 Å². The van der Waals surface area contributed by atoms with Gasteiger partial charge >= 0.3 is 0 Å². The molecular formula is C19H22N2O3. The highest BCUT2D eigenvalue weighted by atomic mass is 16.5. The molecule has 1 aromatic heterocycles. The number of pyridine rings is 1. The molecule has 0 fully saturated rings. The third kappa shape index (κ3) is 4.04. The molecule has 1 aliphatic heterocycles. The Kier molecular flexibility index (Phi) is 4.99. The van der Waals surface area contributed by atoms with Gasteiger partial charge in [0.25, 0.3) is 0 Å². The highest BCUT2D eigenvalue weighted by molar-refractivity contribution is 5.79. The van der Waals surface area contributed by atoms with Crippen molar-refractivity contribution in [1.82, 2.24) is 10.3 Å². The zero-order valence-electron chi connectivity index (χ0n) is 14.0. The SMILES string of the molecule is CC(C)Oc1ccc(CNC(=O)[C@H]2COc3ccccc3C2)cn1. The summed E-state index contributed by atoms with van der Waals surface area (Å²) in [6, 6.07) is 11.6. The van der Waals surface area contributed by atoms with Crippen LogP contribution in [0.15, 0.2) is 42.6 Å². The van der Waals surface area contributed by atoms with Crippen LogP contribution < -0.4 is 14.8 Å². The summed E-state index contributed by atoms with van der Waals surface area (Å²) in [6.45, 7) is 4.79. The first-order valence-corrected chi connectivity index (χ1v) is 8.22. The molecule has 5 nitrogen and oxygen atoms in total. The number of nitrogens with one attached hydrogen (secondary N) is 1. The minimum absolute atomic E-state index is 0.00649. The molecule has 1 amide bonds. The van der Waals surface area contributed by atoms with E-state index < -0.39 is 0 Å². The third-order valence-electron chi connectivity index (χ3n) is 3.87. The molecular weight excluding hydrogens is 304 g/mol. The zero-order chi connectivity index (χ0) is 16.9. The molecule has 24 heavy (non-hydrogen) atoms. The second-order valence-corrected chi connectivity index (χ2v) is 6.21. The van der Waals surface area contributed by atoms with Gasteiger partial charge in [0.2, 0.25) is 11.8 Å². The van der Waals surface area contributed by atoms with E-state index in [9.17, 15) is 4.79 Å². The Bertz CT molecular complexity index is 698. The number of carbonyl (C=O) groups excluding carboxylic acids is 1. The van der Waals surface area contributed by atoms with Crippen molar-refractivity contribution in [2.24, 2.45) is 5.92 Å². The lowest BCUT2D eigenvalue weighted by atomic mass is 9.96. The number of nitrogens with zero attached hydrogens (tertiary/aromatic N) is 1. The van der Waals surface area contributed by atoms with Crippen LogP contribution in [0.3, 0.4) is 0 Å². The molecule has 0 aliphatic carbocycles. The van der Waals surface area contributed by atoms with E-state index in [4.69, 9.17) is 9.47 Å². The Morgan fingerprint density at radius 1 is 1.33 bits per heavy atom. The van der Waals surface area contributed by atoms with Gasteiger partial charge in [-0.15, -0.1) is 0 Å². The molecule has 0 saturated heterocycles. The molecule has 5 heteroatoms. The number of rotatable bonds is 5. The predicted molar refractivity (Wildman–Crippen MR) is 91.0 cm³/mol. The van der Waals surface area contributed by atoms with Crippen molar-refractivity contribution in [3.63, 3.8) is 0 Å². The zero-order valence-corrected chi connectivity index (χ0v) is 14.0. The molecule has 0 unspecified atom stereocenters. The molecule has 1 aliphatic rings. The Hall–Kier alpha value is -2.56. The fraction of sp³-hybridized carbons (Fsp3) is 0.368. The summed E-state index contributed by atoms with van der Waals surface area (Å²) in [5.74, 6) is 1.33. The van der Waals surface area contributed by atoms with E-state index in [-0.39, 0.29) is 17.9 Å². The van der Waals surface area contributed by atoms with Crippen molar-refractivity contribution in [2.75, 3.05) is 6.61 Å². The summed E-state index contributed by atoms with van der Waals surface area (Å²) in [6.07, 6.45) is 2.53. The summed E-state index contributed by atoms with van der Waals surface area (Å²) in [5, 5.41) is 2.96. The van der Waals surface area contributed by atoms with Crippen molar-refractivity contribution in [3.05, 3.63) is 53.7 Å². The van der Waals surface area contributed by atoms with E-state index in [1.54, 1.807) is 6.20 Å². The Morgan fingerprint density at radius 2 is 2.17 bits per heavy atom. The summed E-state index contributed by atoms with van der Waals surface area (Å²) >= 11 is 0. The first-order valence-electron chi connectivity index (χ1n) is 8.22. The summed E-state index contributed by atoms with van der Waals surface area (Å²) in [7, 11) is 0. The van der Waals surface area contributed by atoms with Gasteiger partial charge < -0.3 is 14.8 Å². The topological polar surface area (TPSA) is 60.5 Å². The van der Waals surface area contributed by atoms with Crippen LogP contribution in [0, 0.1) is 5.92 Å². The van der Waals surface area contributed by atoms with Crippen LogP contribution in [0.4, 0.5) is 0 Å². The van der Waals surface area contributed by atoms with Crippen LogP contribution >= 0.6 is 0 Å². The van der Waals surface area contributed by atoms with Gasteiger partial charge in [-0.25, -0.2) is 4.98 Å². The normalized spacial score (nSPS) is 16.2. The van der Waals surface area contributed by atoms with Crippen LogP contribution in [-0.4, -0.2) is 23.6 Å². The number of hydrogen-bond acceptors (Lipinski definition) is 4. The van der Waals surface area contributed by atoms with E-state index in [1.807, 2.05) is 50.2 Å². The molecule has 2 aromatic rings. The fourth-order valence-electron chi connectivity index (χ4n) is 2.66. The number of hydrogen-bond donors (Lipinski definition) is 1. The lowest BCUT2D eigenvalue weighted by molar-refractivity contribution is -0.126. The molecule has 1 N–H and O–H groups in total. The summed E-state index contributed by atoms with van der Waals surface area (Å²) in [4.78, 5) is 16.6. The maximum Gasteiger partial charge on any atom is 0.227 e. The minimum atomic E-state index is -0.156. The lowest BCUT2D eigenvalue weighted by Gasteiger charge is -2.24. The second kappa shape index (κ2) is 7.34. The van der Waals surface area contributed by atoms with Gasteiger partial charge in [0.15, 0.2) is 0 Å². The fourth-order valence-corrected chi connectivity index (χ4v) is 2.66. The van der Waals surface area contributed by atoms with Gasteiger partial charge in [0, 0.05) is 18.8 Å². The molecule has 3 rings (SSSR count). The van der Waals surface area contributed by atoms with Gasteiger partial charge in [-0.05, 0) is 37.5 Å². The summed E-state index contributed by atoms with van der Waals surface area (Å²) in [5.41, 5.74) is 2.03. The maximum absolute atomic E-state index is 12.4. The van der Waals surface area contributed by atoms with E-state index in [1.165, 1.54) is 0 Å². The average Bonchev–Trinajstić information content (AvgIpc) is 2.60. The van der Waals surface area contributed by atoms with E-state index >= 15 is 0 Å². The molecule has 0 saturated carbocycles. The smallest absolute Gasteiger partial charge is 0.227 e. The van der Waals surface area contributed by atoms with Crippen LogP contribution in [0.25, 0.3) is 0 Å². The van der Waals surface area contributed by atoms with E-state index in [0.29, 0.717) is 25.5 Å². The minimum Gasteiger partial charge on any atom is -0.492 e. The largest absolute Gasteiger partial charge is 0.492 e. The van der Waals surface area contributed by atoms with Gasteiger partial charge in [-0.1, -0.05) is 24.3 Å². The van der Waals surface area contributed by atoms with Gasteiger partial charge in [0.05, 0.1) is 12.0 Å². The monoisotopic (exact) mass is 326 g/mol. The molecule has 2 heterocycles. The first-order chi connectivity index (χ1) is 11.6. The van der Waals surface area contributed by atoms with Crippen LogP contribution in [-0.2, 0) is 17.8 Å². The molecule has 0 bridgehead atoms. The highest BCUT2D eigenvalue weighted by Crippen LogP contribution is 2.26. The van der Waals surface area contributed by atoms with Crippen LogP contribution in [0.2, 0.25) is 0 Å². The third-order valence-corrected chi connectivity index (χ3v) is 3.87. The van der Waals surface area contributed by atoms with E-state index in [2.05, 4.69) is 10.3 Å². The number of benzene rings is 1. The van der Waals surface area contributed by atoms with Crippen molar-refractivity contribution in [1.29, 1.82) is 0 Å². The van der Waals surface area contributed by atoms with Gasteiger partial charge in [0.1, 0.15) is 12.4 Å². The van der Waals surface area contributed by atoms with Crippen LogP contribution in [0.1, 0.15) is 25.0 Å². The van der Waals surface area contributed by atoms with Gasteiger partial charge in [-0.2, -0.15) is 0 Å². The average molecular weight is 326 g/mol. The predicted octanol–water partition coefficient (Wildman–Crippen LogP) is 2.74. The number of fused-ring (bicyclic) bond motifs is 1. The Labute approximate surface area is 142 Å². The summed E-state index contributed by atoms with van der Waals surface area (Å²) < 4.78 is 11.2. The Balaban J connectivity index is 1.53. The number of ether oxygens (including phenoxy) is 2. The highest BCUT2D eigenvalue weighted by Gasteiger charge is 2.25. The number of aromatic nitrogens is 1. The number of amides is 1. The number of para-hydroxylation sites is 1. The lowest BCUT2D eigenvalue weighted by Crippen LogP contribution is -2.37. The van der Waals surface area contributed by atoms with Crippen molar-refractivity contribution in [3.8, 4) is 11.6 Å². The molecule has 126 valence electrons. The van der Waals surface area contributed by atoms with Crippen molar-refractivity contribution >= 4 is 5.91 Å². The van der Waals surface area contributed by atoms with E-state index in [0.717, 1.165) is 16.9 Å². The van der Waals surface area contributed by atoms with Crippen LogP contribution in [0.5, 0.6) is 11.6 Å². The standard InChI is InChI=1S/C19H22N2O3/c1-13(2)24-18-8-7-14(10-20-18)11-21-19(22)16-9-15-5-3-4-6-17(15)23-12-16/h3-8,10,13,16H,9,11-12H2,1-2H3,(H,21,22)/t16-/m1/s1.